The minimum atomic E-state index is -1.07. The number of aromatic nitrogens is 4. The largest absolute Gasteiger partial charge is 0.487 e. The molecule has 2 amide bonds. The molecule has 4 aromatic rings. The number of thiazole rings is 1. The maximum absolute atomic E-state index is 14.7. The Hall–Kier alpha value is -4.66. The topological polar surface area (TPSA) is 177 Å². The van der Waals surface area contributed by atoms with Gasteiger partial charge in [-0.2, -0.15) is 9.07 Å². The number of piperidine rings is 1. The Morgan fingerprint density at radius 2 is 1.61 bits per heavy atom. The molecule has 2 saturated heterocycles. The van der Waals surface area contributed by atoms with Crippen LogP contribution in [-0.2, 0) is 33.3 Å². The van der Waals surface area contributed by atoms with Crippen LogP contribution >= 0.6 is 11.3 Å². The van der Waals surface area contributed by atoms with Crippen molar-refractivity contribution in [3.63, 3.8) is 0 Å². The molecule has 0 bridgehead atoms. The minimum absolute atomic E-state index is 0.0114. The molecule has 0 spiro atoms. The second-order valence-electron chi connectivity index (χ2n) is 12.1. The maximum Gasteiger partial charge on any atom is 0.278 e. The predicted molar refractivity (Wildman–Crippen MR) is 193 cm³/mol. The number of hydrogen-bond donors (Lipinski definition) is 2. The van der Waals surface area contributed by atoms with Gasteiger partial charge in [-0.25, -0.2) is 9.37 Å². The molecule has 54 heavy (non-hydrogen) atoms. The van der Waals surface area contributed by atoms with Gasteiger partial charge in [-0.05, 0) is 36.8 Å². The number of rotatable bonds is 20. The molecule has 16 nitrogen and oxygen atoms in total. The molecule has 0 aliphatic carbocycles. The lowest BCUT2D eigenvalue weighted by Crippen LogP contribution is -2.45. The van der Waals surface area contributed by atoms with Crippen LogP contribution in [0.3, 0.4) is 0 Å². The van der Waals surface area contributed by atoms with Gasteiger partial charge in [-0.1, -0.05) is 5.21 Å². The number of nitrogens with zero attached hydrogens (tertiary/aromatic N) is 5. The van der Waals surface area contributed by atoms with Gasteiger partial charge in [0.05, 0.1) is 77.1 Å². The van der Waals surface area contributed by atoms with Crippen molar-refractivity contribution in [1.29, 1.82) is 0 Å². The minimum Gasteiger partial charge on any atom is -0.487 e. The third kappa shape index (κ3) is 10.3. The zero-order chi connectivity index (χ0) is 37.7. The Kier molecular flexibility index (Phi) is 14.2. The highest BCUT2D eigenvalue weighted by Crippen LogP contribution is 2.36. The average molecular weight is 774 g/mol. The standard InChI is InChI=1S/C35H41F2N7O9S/c36-26-3-2-24(28-22-54-35(39-28)43-8-11-49-12-9-43)32(31(26)37)53-20-19-52-18-17-51-16-15-50-14-13-48-10-7-38-23-1-4-27-25(21-23)34(47)44(42-41-27)29-5-6-30(45)40-33(29)46/h1-4,21-22,29,38H,5-20H2,(H,40,45,46). The fraction of sp³-hybridized carbons (Fsp3) is 0.486. The van der Waals surface area contributed by atoms with E-state index in [1.165, 1.54) is 17.4 Å². The number of amides is 2. The number of fused-ring (bicyclic) bond motifs is 1. The zero-order valence-corrected chi connectivity index (χ0v) is 30.2. The monoisotopic (exact) mass is 773 g/mol. The number of hydrogen-bond acceptors (Lipinski definition) is 15. The van der Waals surface area contributed by atoms with Crippen LogP contribution in [0.25, 0.3) is 22.2 Å². The lowest BCUT2D eigenvalue weighted by atomic mass is 10.1. The van der Waals surface area contributed by atoms with E-state index in [0.717, 1.165) is 29.0 Å². The molecule has 4 heterocycles. The summed E-state index contributed by atoms with van der Waals surface area (Å²) in [5.74, 6) is -3.22. The lowest BCUT2D eigenvalue weighted by Gasteiger charge is -2.26. The van der Waals surface area contributed by atoms with Crippen molar-refractivity contribution in [2.24, 2.45) is 0 Å². The van der Waals surface area contributed by atoms with Gasteiger partial charge in [-0.3, -0.25) is 19.7 Å². The predicted octanol–water partition coefficient (Wildman–Crippen LogP) is 2.56. The summed E-state index contributed by atoms with van der Waals surface area (Å²) in [6.07, 6.45) is 0.305. The van der Waals surface area contributed by atoms with E-state index in [0.29, 0.717) is 87.2 Å². The van der Waals surface area contributed by atoms with Crippen LogP contribution in [0.4, 0.5) is 19.6 Å². The van der Waals surface area contributed by atoms with E-state index in [1.807, 2.05) is 0 Å². The summed E-state index contributed by atoms with van der Waals surface area (Å²) in [6.45, 7) is 5.77. The fourth-order valence-electron chi connectivity index (χ4n) is 5.68. The summed E-state index contributed by atoms with van der Waals surface area (Å²) in [5, 5.41) is 16.3. The molecule has 0 radical (unpaired) electrons. The van der Waals surface area contributed by atoms with Gasteiger partial charge in [-0.15, -0.1) is 16.4 Å². The highest BCUT2D eigenvalue weighted by atomic mass is 32.1. The van der Waals surface area contributed by atoms with Crippen molar-refractivity contribution in [2.75, 3.05) is 103 Å². The van der Waals surface area contributed by atoms with Crippen molar-refractivity contribution in [2.45, 2.75) is 18.9 Å². The molecule has 1 atom stereocenters. The first-order chi connectivity index (χ1) is 26.4. The molecule has 2 fully saturated rings. The Morgan fingerprint density at radius 1 is 0.907 bits per heavy atom. The molecule has 0 saturated carbocycles. The SMILES string of the molecule is O=C1CCC(n2nnc3ccc(NCCOCCOCCOCCOCCOc4c(-c5csc(N6CCOCC6)n5)ccc(F)c4F)cc3c2=O)C(=O)N1. The summed E-state index contributed by atoms with van der Waals surface area (Å²) >= 11 is 1.43. The number of halogens is 2. The number of morpholine rings is 1. The summed E-state index contributed by atoms with van der Waals surface area (Å²) < 4.78 is 63.0. The second kappa shape index (κ2) is 19.6. The maximum atomic E-state index is 14.7. The number of carbonyl (C=O) groups is 2. The molecular weight excluding hydrogens is 732 g/mol. The Labute approximate surface area is 312 Å². The van der Waals surface area contributed by atoms with Crippen molar-refractivity contribution in [3.05, 3.63) is 57.7 Å². The second-order valence-corrected chi connectivity index (χ2v) is 13.0. The van der Waals surface area contributed by atoms with Crippen LogP contribution in [0.5, 0.6) is 5.75 Å². The summed E-state index contributed by atoms with van der Waals surface area (Å²) in [5.41, 5.74) is 1.49. The Morgan fingerprint density at radius 3 is 2.33 bits per heavy atom. The van der Waals surface area contributed by atoms with E-state index >= 15 is 0 Å². The molecular formula is C35H41F2N7O9S. The van der Waals surface area contributed by atoms with Gasteiger partial charge in [0.25, 0.3) is 11.5 Å². The van der Waals surface area contributed by atoms with Gasteiger partial charge in [0.15, 0.2) is 16.7 Å². The van der Waals surface area contributed by atoms with E-state index in [1.54, 1.807) is 23.6 Å². The third-order valence-corrected chi connectivity index (χ3v) is 9.36. The lowest BCUT2D eigenvalue weighted by molar-refractivity contribution is -0.136. The van der Waals surface area contributed by atoms with Crippen LogP contribution in [0, 0.1) is 11.6 Å². The number of nitrogens with one attached hydrogen (secondary N) is 2. The van der Waals surface area contributed by atoms with Crippen LogP contribution in [-0.4, -0.2) is 124 Å². The van der Waals surface area contributed by atoms with Crippen molar-refractivity contribution in [1.82, 2.24) is 25.3 Å². The normalized spacial score (nSPS) is 16.2. The smallest absolute Gasteiger partial charge is 0.278 e. The van der Waals surface area contributed by atoms with Crippen molar-refractivity contribution in [3.8, 4) is 17.0 Å². The van der Waals surface area contributed by atoms with E-state index in [4.69, 9.17) is 28.4 Å². The van der Waals surface area contributed by atoms with E-state index < -0.39 is 29.1 Å². The van der Waals surface area contributed by atoms with Gasteiger partial charge in [0.2, 0.25) is 11.7 Å². The molecule has 1 unspecified atom stereocenters. The average Bonchev–Trinajstić information content (AvgIpc) is 3.67. The number of ether oxygens (including phenoxy) is 6. The molecule has 2 N–H and O–H groups in total. The third-order valence-electron chi connectivity index (χ3n) is 8.45. The first kappa shape index (κ1) is 39.0. The van der Waals surface area contributed by atoms with Gasteiger partial charge >= 0.3 is 0 Å². The van der Waals surface area contributed by atoms with E-state index in [-0.39, 0.29) is 44.3 Å². The first-order valence-electron chi connectivity index (χ1n) is 17.6. The van der Waals surface area contributed by atoms with Gasteiger partial charge in [0, 0.05) is 42.7 Å². The number of carbonyl (C=O) groups excluding carboxylic acids is 2. The molecule has 290 valence electrons. The van der Waals surface area contributed by atoms with Crippen molar-refractivity contribution < 1.29 is 46.8 Å². The van der Waals surface area contributed by atoms with E-state index in [9.17, 15) is 23.2 Å². The van der Waals surface area contributed by atoms with E-state index in [2.05, 4.69) is 30.8 Å². The summed E-state index contributed by atoms with van der Waals surface area (Å²) in [4.78, 5) is 43.4. The first-order valence-corrected chi connectivity index (χ1v) is 18.4. The van der Waals surface area contributed by atoms with Crippen LogP contribution < -0.4 is 25.8 Å². The molecule has 2 aromatic heterocycles. The molecule has 2 aliphatic rings. The zero-order valence-electron chi connectivity index (χ0n) is 29.4. The molecule has 2 aromatic carbocycles. The van der Waals surface area contributed by atoms with Crippen LogP contribution in [0.2, 0.25) is 0 Å². The number of anilines is 2. The van der Waals surface area contributed by atoms with Gasteiger partial charge < -0.3 is 38.6 Å². The summed E-state index contributed by atoms with van der Waals surface area (Å²) in [7, 11) is 0. The fourth-order valence-corrected chi connectivity index (χ4v) is 6.56. The number of benzene rings is 2. The molecule has 6 rings (SSSR count). The van der Waals surface area contributed by atoms with Gasteiger partial charge in [0.1, 0.15) is 18.2 Å². The highest BCUT2D eigenvalue weighted by Gasteiger charge is 2.30. The Balaban J connectivity index is 0.798. The number of imide groups is 1. The van der Waals surface area contributed by atoms with Crippen LogP contribution in [0.15, 0.2) is 40.5 Å². The highest BCUT2D eigenvalue weighted by molar-refractivity contribution is 7.14. The van der Waals surface area contributed by atoms with Crippen molar-refractivity contribution >= 4 is 44.9 Å². The molecule has 19 heteroatoms. The molecule has 2 aliphatic heterocycles. The quantitative estimate of drug-likeness (QED) is 0.0990. The Bertz CT molecular complexity index is 1940. The van der Waals surface area contributed by atoms with Crippen LogP contribution in [0.1, 0.15) is 18.9 Å². The summed E-state index contributed by atoms with van der Waals surface area (Å²) in [6, 6.07) is 6.72.